The van der Waals surface area contributed by atoms with Gasteiger partial charge in [0.15, 0.2) is 0 Å². The van der Waals surface area contributed by atoms with Crippen LogP contribution in [-0.4, -0.2) is 22.5 Å². The van der Waals surface area contributed by atoms with Gasteiger partial charge in [-0.1, -0.05) is 44.5 Å². The third-order valence-corrected chi connectivity index (χ3v) is 5.01. The third kappa shape index (κ3) is 4.56. The molecule has 0 saturated heterocycles. The molecule has 0 saturated carbocycles. The van der Waals surface area contributed by atoms with Crippen LogP contribution in [0, 0.1) is 6.92 Å². The van der Waals surface area contributed by atoms with E-state index in [4.69, 9.17) is 8.85 Å². The average Bonchev–Trinajstić information content (AvgIpc) is 2.39. The molecule has 102 valence electrons. The second-order valence-electron chi connectivity index (χ2n) is 4.63. The first-order valence-electron chi connectivity index (χ1n) is 7.05. The van der Waals surface area contributed by atoms with Crippen molar-refractivity contribution in [2.75, 3.05) is 13.2 Å². The Bertz CT molecular complexity index is 344. The normalized spacial score (nSPS) is 11.2. The van der Waals surface area contributed by atoms with Crippen LogP contribution in [0.1, 0.15) is 44.7 Å². The number of benzene rings is 1. The molecule has 0 aliphatic heterocycles. The molecule has 1 aromatic carbocycles. The molecule has 18 heavy (non-hydrogen) atoms. The van der Waals surface area contributed by atoms with Gasteiger partial charge in [0.2, 0.25) is 0 Å². The molecule has 0 aliphatic rings. The van der Waals surface area contributed by atoms with Crippen molar-refractivity contribution in [3.63, 3.8) is 0 Å². The van der Waals surface area contributed by atoms with E-state index in [2.05, 4.69) is 45.9 Å². The van der Waals surface area contributed by atoms with Crippen molar-refractivity contribution >= 4 is 14.5 Å². The number of hydrogen-bond donors (Lipinski definition) is 0. The van der Waals surface area contributed by atoms with Gasteiger partial charge in [-0.2, -0.15) is 0 Å². The molecular formula is C15H26O2Si. The zero-order valence-corrected chi connectivity index (χ0v) is 13.3. The van der Waals surface area contributed by atoms with Crippen molar-refractivity contribution in [1.82, 2.24) is 0 Å². The molecule has 0 N–H and O–H groups in total. The molecule has 0 heterocycles. The van der Waals surface area contributed by atoms with Crippen LogP contribution < -0.4 is 5.19 Å². The molecule has 0 amide bonds. The zero-order valence-electron chi connectivity index (χ0n) is 12.2. The Labute approximate surface area is 113 Å². The van der Waals surface area contributed by atoms with E-state index in [-0.39, 0.29) is 0 Å². The minimum atomic E-state index is -1.71. The molecule has 0 fully saturated rings. The largest absolute Gasteiger partial charge is 0.393 e. The lowest BCUT2D eigenvalue weighted by Gasteiger charge is -2.19. The van der Waals surface area contributed by atoms with Crippen LogP contribution in [0.3, 0.4) is 0 Å². The van der Waals surface area contributed by atoms with Gasteiger partial charge in [0, 0.05) is 13.2 Å². The Balaban J connectivity index is 2.90. The van der Waals surface area contributed by atoms with E-state index < -0.39 is 9.28 Å². The first-order valence-corrected chi connectivity index (χ1v) is 8.57. The van der Waals surface area contributed by atoms with Gasteiger partial charge >= 0.3 is 9.28 Å². The molecule has 0 unspecified atom stereocenters. The lowest BCUT2D eigenvalue weighted by atomic mass is 10.1. The van der Waals surface area contributed by atoms with E-state index in [9.17, 15) is 0 Å². The van der Waals surface area contributed by atoms with Crippen LogP contribution >= 0.6 is 0 Å². The van der Waals surface area contributed by atoms with Gasteiger partial charge < -0.3 is 8.85 Å². The van der Waals surface area contributed by atoms with Gasteiger partial charge in [-0.15, -0.1) is 0 Å². The molecule has 0 spiro atoms. The monoisotopic (exact) mass is 266 g/mol. The van der Waals surface area contributed by atoms with Gasteiger partial charge in [0.25, 0.3) is 0 Å². The van der Waals surface area contributed by atoms with Crippen molar-refractivity contribution in [1.29, 1.82) is 0 Å². The average molecular weight is 266 g/mol. The molecule has 0 radical (unpaired) electrons. The summed E-state index contributed by atoms with van der Waals surface area (Å²) in [5, 5.41) is 1.33. The summed E-state index contributed by atoms with van der Waals surface area (Å²) >= 11 is 0. The summed E-state index contributed by atoms with van der Waals surface area (Å²) < 4.78 is 12.0. The summed E-state index contributed by atoms with van der Waals surface area (Å²) in [5.74, 6) is 0. The lowest BCUT2D eigenvalue weighted by Crippen LogP contribution is -2.40. The van der Waals surface area contributed by atoms with Gasteiger partial charge in [0.1, 0.15) is 0 Å². The predicted octanol–water partition coefficient (Wildman–Crippen LogP) is 2.84. The highest BCUT2D eigenvalue weighted by molar-refractivity contribution is 6.61. The zero-order chi connectivity index (χ0) is 13.4. The Morgan fingerprint density at radius 3 is 2.11 bits per heavy atom. The number of hydrogen-bond acceptors (Lipinski definition) is 2. The van der Waals surface area contributed by atoms with E-state index in [0.29, 0.717) is 0 Å². The summed E-state index contributed by atoms with van der Waals surface area (Å²) in [6.45, 7) is 10.2. The fourth-order valence-corrected chi connectivity index (χ4v) is 4.29. The maximum Gasteiger partial charge on any atom is 0.356 e. The quantitative estimate of drug-likeness (QED) is 0.674. The molecular weight excluding hydrogens is 240 g/mol. The molecule has 2 nitrogen and oxygen atoms in total. The highest BCUT2D eigenvalue weighted by Crippen LogP contribution is 2.06. The lowest BCUT2D eigenvalue weighted by molar-refractivity contribution is 0.207. The maximum atomic E-state index is 5.99. The van der Waals surface area contributed by atoms with Gasteiger partial charge in [0.05, 0.1) is 0 Å². The van der Waals surface area contributed by atoms with Crippen molar-refractivity contribution < 1.29 is 8.85 Å². The molecule has 1 aromatic rings. The van der Waals surface area contributed by atoms with E-state index >= 15 is 0 Å². The maximum absolute atomic E-state index is 5.99. The van der Waals surface area contributed by atoms with Gasteiger partial charge in [-0.05, 0) is 36.9 Å². The van der Waals surface area contributed by atoms with E-state index in [1.807, 2.05) is 0 Å². The van der Waals surface area contributed by atoms with Crippen LogP contribution in [0.25, 0.3) is 0 Å². The molecule has 0 atom stereocenters. The summed E-state index contributed by atoms with van der Waals surface area (Å²) in [6, 6.07) is 6.64. The summed E-state index contributed by atoms with van der Waals surface area (Å²) in [7, 11) is -1.71. The first-order chi connectivity index (χ1) is 8.72. The molecule has 0 aromatic heterocycles. The minimum Gasteiger partial charge on any atom is -0.393 e. The number of aryl methyl sites for hydroxylation is 2. The molecule has 3 heteroatoms. The second kappa shape index (κ2) is 8.46. The highest BCUT2D eigenvalue weighted by Gasteiger charge is 2.19. The van der Waals surface area contributed by atoms with Crippen molar-refractivity contribution in [3.8, 4) is 0 Å². The number of rotatable bonds is 8. The topological polar surface area (TPSA) is 18.5 Å². The van der Waals surface area contributed by atoms with E-state index in [1.165, 1.54) is 16.3 Å². The summed E-state index contributed by atoms with van der Waals surface area (Å²) in [6.07, 6.45) is 3.14. The molecule has 0 bridgehead atoms. The van der Waals surface area contributed by atoms with Gasteiger partial charge in [-0.3, -0.25) is 0 Å². The third-order valence-electron chi connectivity index (χ3n) is 2.88. The highest BCUT2D eigenvalue weighted by atomic mass is 28.3. The predicted molar refractivity (Wildman–Crippen MR) is 79.8 cm³/mol. The fraction of sp³-hybridized carbons (Fsp3) is 0.600. The Morgan fingerprint density at radius 2 is 1.61 bits per heavy atom. The van der Waals surface area contributed by atoms with E-state index in [1.54, 1.807) is 0 Å². The van der Waals surface area contributed by atoms with Crippen molar-refractivity contribution in [3.05, 3.63) is 29.3 Å². The van der Waals surface area contributed by atoms with Crippen LogP contribution in [0.2, 0.25) is 0 Å². The Hall–Kier alpha value is -0.643. The minimum absolute atomic E-state index is 0.803. The first kappa shape index (κ1) is 15.4. The molecule has 0 aliphatic carbocycles. The van der Waals surface area contributed by atoms with Crippen LogP contribution in [0.15, 0.2) is 18.2 Å². The SMILES string of the molecule is CCCO[SiH](OCCC)c1cc(C)ccc1CC. The van der Waals surface area contributed by atoms with Gasteiger partial charge in [-0.25, -0.2) is 0 Å². The van der Waals surface area contributed by atoms with Crippen LogP contribution in [0.4, 0.5) is 0 Å². The van der Waals surface area contributed by atoms with E-state index in [0.717, 1.165) is 32.5 Å². The summed E-state index contributed by atoms with van der Waals surface area (Å²) in [4.78, 5) is 0. The Morgan fingerprint density at radius 1 is 1.00 bits per heavy atom. The fourth-order valence-electron chi connectivity index (χ4n) is 1.93. The standard InChI is InChI=1S/C15H26O2Si/c1-5-10-16-18(17-11-6-2)15-12-13(4)8-9-14(15)7-3/h8-9,12,18H,5-7,10-11H2,1-4H3. The van der Waals surface area contributed by atoms with Crippen LogP contribution in [0.5, 0.6) is 0 Å². The van der Waals surface area contributed by atoms with Crippen molar-refractivity contribution in [2.45, 2.75) is 47.0 Å². The Kier molecular flexibility index (Phi) is 7.24. The summed E-state index contributed by atoms with van der Waals surface area (Å²) in [5.41, 5.74) is 2.67. The van der Waals surface area contributed by atoms with Crippen molar-refractivity contribution in [2.24, 2.45) is 0 Å². The van der Waals surface area contributed by atoms with Crippen LogP contribution in [-0.2, 0) is 15.3 Å². The smallest absolute Gasteiger partial charge is 0.356 e. The second-order valence-corrected chi connectivity index (χ2v) is 6.58. The molecule has 1 rings (SSSR count).